The van der Waals surface area contributed by atoms with Crippen molar-refractivity contribution in [3.05, 3.63) is 42.1 Å². The first-order valence-electron chi connectivity index (χ1n) is 23.5. The van der Waals surface area contributed by atoms with E-state index in [0.717, 1.165) is 16.5 Å². The van der Waals surface area contributed by atoms with Gasteiger partial charge in [0.05, 0.1) is 53.2 Å². The highest BCUT2D eigenvalue weighted by Gasteiger charge is 2.53. The highest BCUT2D eigenvalue weighted by atomic mass is 16.7. The number of para-hydroxylation sites is 1. The van der Waals surface area contributed by atoms with E-state index in [2.05, 4.69) is 10.3 Å². The number of ketones is 1. The standard InChI is InChI=1S/C49H77N3O14/c1-26-24-47(7,59)44(66-46-40(55)35(52(10)11)23-27(2)62-46)29(4)41(65-38-25-48(8,61-12)43(57)31(6)63-38)30(5)45(58)64-36(49(9,60)42(56)28(3)39(26)54)20-22-51-37(53)18-17-32-19-21-50-34-16-14-13-15-33(32)34/h13-16,19,21,26-31,35-36,38,40-44,46,55-57,59-60H,17-18,20,22-25H2,1-12H3,(H,51,53)/t26-,27?,28+,29+,30?,31?,35?,36-,38?,40?,41?,42?,43?,44?,46?,47-,48?,49-/m1/s1. The lowest BCUT2D eigenvalue weighted by Crippen LogP contribution is -2.61. The van der Waals surface area contributed by atoms with Crippen LogP contribution in [0.25, 0.3) is 10.9 Å². The zero-order chi connectivity index (χ0) is 49.1. The zero-order valence-corrected chi connectivity index (χ0v) is 40.9. The molecule has 18 atom stereocenters. The number of hydrogen-bond donors (Lipinski definition) is 6. The van der Waals surface area contributed by atoms with Crippen LogP contribution in [0.15, 0.2) is 36.5 Å². The SMILES string of the molecule is COC1(C)CC(OC2C(C)C(=O)O[C@H](CCNC(=O)CCc3ccnc4ccccc34)[C@@](C)(O)C(O)[C@@H](C)C(=O)[C@H](C)C[C@@](C)(O)C(OC3OC(C)CC(N(C)C)C3O)[C@H]2C)OC(C)C1O. The number of rotatable bonds is 12. The highest BCUT2D eigenvalue weighted by Crippen LogP contribution is 2.41. The fraction of sp³-hybridized carbons (Fsp3) is 0.755. The number of nitrogens with zero attached hydrogens (tertiary/aromatic N) is 2. The van der Waals surface area contributed by atoms with Gasteiger partial charge in [-0.05, 0) is 92.6 Å². The summed E-state index contributed by atoms with van der Waals surface area (Å²) in [6, 6.07) is 9.16. The number of aromatic nitrogens is 1. The Bertz CT molecular complexity index is 1940. The molecule has 12 unspecified atom stereocenters. The van der Waals surface area contributed by atoms with Crippen molar-refractivity contribution in [1.82, 2.24) is 15.2 Å². The van der Waals surface area contributed by atoms with Gasteiger partial charge in [-0.1, -0.05) is 39.0 Å². The molecule has 3 fully saturated rings. The fourth-order valence-electron chi connectivity index (χ4n) is 10.3. The first-order chi connectivity index (χ1) is 30.8. The van der Waals surface area contributed by atoms with E-state index < -0.39 is 108 Å². The molecule has 17 heteroatoms. The number of aryl methyl sites for hydroxylation is 1. The summed E-state index contributed by atoms with van der Waals surface area (Å²) in [7, 11) is 5.14. The first-order valence-corrected chi connectivity index (χ1v) is 23.5. The molecule has 0 saturated carbocycles. The molecule has 1 amide bonds. The van der Waals surface area contributed by atoms with Crippen LogP contribution in [0, 0.1) is 23.7 Å². The molecule has 3 saturated heterocycles. The number of nitrogens with one attached hydrogen (secondary N) is 1. The number of ether oxygens (including phenoxy) is 6. The van der Waals surface area contributed by atoms with Crippen molar-refractivity contribution in [2.24, 2.45) is 23.7 Å². The lowest BCUT2D eigenvalue weighted by Gasteiger charge is -2.49. The topological polar surface area (TPSA) is 236 Å². The zero-order valence-electron chi connectivity index (χ0n) is 40.9. The molecule has 6 N–H and O–H groups in total. The van der Waals surface area contributed by atoms with E-state index in [9.17, 15) is 39.9 Å². The second-order valence-electron chi connectivity index (χ2n) is 20.2. The van der Waals surface area contributed by atoms with E-state index >= 15 is 0 Å². The van der Waals surface area contributed by atoms with Crippen molar-refractivity contribution in [3.8, 4) is 0 Å². The lowest BCUT2D eigenvalue weighted by atomic mass is 9.74. The molecule has 3 aliphatic heterocycles. The molecule has 0 spiro atoms. The summed E-state index contributed by atoms with van der Waals surface area (Å²) in [6.45, 7) is 14.4. The van der Waals surface area contributed by atoms with Crippen LogP contribution in [0.3, 0.4) is 0 Å². The maximum Gasteiger partial charge on any atom is 0.311 e. The van der Waals surface area contributed by atoms with Gasteiger partial charge in [-0.15, -0.1) is 0 Å². The Kier molecular flexibility index (Phi) is 18.0. The second-order valence-corrected chi connectivity index (χ2v) is 20.2. The number of carbonyl (C=O) groups excluding carboxylic acids is 3. The Labute approximate surface area is 389 Å². The highest BCUT2D eigenvalue weighted by molar-refractivity contribution is 5.84. The number of cyclic esters (lactones) is 1. The Morgan fingerprint density at radius 1 is 0.924 bits per heavy atom. The van der Waals surface area contributed by atoms with Crippen molar-refractivity contribution >= 4 is 28.6 Å². The number of fused-ring (bicyclic) bond motifs is 1. The molecule has 4 heterocycles. The van der Waals surface area contributed by atoms with Gasteiger partial charge in [-0.2, -0.15) is 0 Å². The second kappa shape index (κ2) is 22.0. The molecule has 0 radical (unpaired) electrons. The van der Waals surface area contributed by atoms with Gasteiger partial charge < -0.3 is 64.2 Å². The van der Waals surface area contributed by atoms with Crippen LogP contribution >= 0.6 is 0 Å². The summed E-state index contributed by atoms with van der Waals surface area (Å²) < 4.78 is 37.7. The van der Waals surface area contributed by atoms with E-state index in [1.165, 1.54) is 27.9 Å². The molecule has 2 aromatic rings. The van der Waals surface area contributed by atoms with Gasteiger partial charge in [0.2, 0.25) is 5.91 Å². The molecule has 5 rings (SSSR count). The van der Waals surface area contributed by atoms with E-state index in [1.54, 1.807) is 40.8 Å². The predicted molar refractivity (Wildman–Crippen MR) is 244 cm³/mol. The van der Waals surface area contributed by atoms with Crippen LogP contribution in [0.4, 0.5) is 0 Å². The number of aliphatic hydroxyl groups is 5. The number of likely N-dealkylation sites (N-methyl/N-ethyl adjacent to an activating group) is 1. The van der Waals surface area contributed by atoms with Gasteiger partial charge in [-0.25, -0.2) is 0 Å². The van der Waals surface area contributed by atoms with Gasteiger partial charge in [-0.3, -0.25) is 19.4 Å². The summed E-state index contributed by atoms with van der Waals surface area (Å²) in [4.78, 5) is 48.4. The van der Waals surface area contributed by atoms with E-state index in [4.69, 9.17) is 28.4 Å². The third-order valence-electron chi connectivity index (χ3n) is 14.5. The summed E-state index contributed by atoms with van der Waals surface area (Å²) in [5.74, 6) is -5.87. The summed E-state index contributed by atoms with van der Waals surface area (Å²) in [6.07, 6.45) is -8.78. The van der Waals surface area contributed by atoms with E-state index in [1.807, 2.05) is 56.3 Å². The van der Waals surface area contributed by atoms with Crippen molar-refractivity contribution < 1.29 is 68.3 Å². The predicted octanol–water partition coefficient (Wildman–Crippen LogP) is 3.06. The minimum Gasteiger partial charge on any atom is -0.459 e. The quantitative estimate of drug-likeness (QED) is 0.168. The monoisotopic (exact) mass is 932 g/mol. The molecule has 1 aromatic heterocycles. The van der Waals surface area contributed by atoms with Crippen LogP contribution in [0.2, 0.25) is 0 Å². The van der Waals surface area contributed by atoms with Crippen LogP contribution in [0.1, 0.15) is 100.0 Å². The van der Waals surface area contributed by atoms with Gasteiger partial charge in [0.15, 0.2) is 12.6 Å². The van der Waals surface area contributed by atoms with Gasteiger partial charge in [0.25, 0.3) is 0 Å². The molecule has 0 aliphatic carbocycles. The summed E-state index contributed by atoms with van der Waals surface area (Å²) >= 11 is 0. The number of methoxy groups -OCH3 is 1. The van der Waals surface area contributed by atoms with Gasteiger partial charge in [0.1, 0.15) is 29.7 Å². The molecule has 1 aromatic carbocycles. The van der Waals surface area contributed by atoms with Gasteiger partial charge in [0, 0.05) is 68.3 Å². The Morgan fingerprint density at radius 2 is 1.61 bits per heavy atom. The minimum absolute atomic E-state index is 0.0401. The van der Waals surface area contributed by atoms with Crippen molar-refractivity contribution in [2.45, 2.75) is 185 Å². The average Bonchev–Trinajstić information content (AvgIpc) is 3.26. The van der Waals surface area contributed by atoms with Crippen LogP contribution in [-0.2, 0) is 49.2 Å². The molecule has 3 aliphatic rings. The van der Waals surface area contributed by atoms with E-state index in [-0.39, 0.29) is 50.3 Å². The third kappa shape index (κ3) is 12.1. The number of aliphatic hydroxyl groups excluding tert-OH is 3. The molecule has 66 heavy (non-hydrogen) atoms. The first kappa shape index (κ1) is 53.8. The number of esters is 1. The average molecular weight is 932 g/mol. The minimum atomic E-state index is -2.21. The molecule has 0 bridgehead atoms. The normalized spacial score (nSPS) is 41.0. The Hall–Kier alpha value is -3.20. The molecular weight excluding hydrogens is 855 g/mol. The number of Topliss-reactive ketones (excluding diaryl/α,β-unsaturated/α-hetero) is 1. The maximum atomic E-state index is 14.7. The summed E-state index contributed by atoms with van der Waals surface area (Å²) in [5.41, 5.74) is -3.42. The fourth-order valence-corrected chi connectivity index (χ4v) is 10.3. The van der Waals surface area contributed by atoms with Crippen LogP contribution in [-0.4, -0.2) is 165 Å². The van der Waals surface area contributed by atoms with Crippen molar-refractivity contribution in [1.29, 1.82) is 0 Å². The Balaban J connectivity index is 1.49. The van der Waals surface area contributed by atoms with Crippen molar-refractivity contribution in [3.63, 3.8) is 0 Å². The van der Waals surface area contributed by atoms with E-state index in [0.29, 0.717) is 12.8 Å². The maximum absolute atomic E-state index is 14.7. The third-order valence-corrected chi connectivity index (χ3v) is 14.5. The number of amides is 1. The number of hydrogen-bond acceptors (Lipinski definition) is 16. The van der Waals surface area contributed by atoms with Crippen LogP contribution in [0.5, 0.6) is 0 Å². The molecular formula is C49H77N3O14. The van der Waals surface area contributed by atoms with Crippen molar-refractivity contribution in [2.75, 3.05) is 27.7 Å². The number of carbonyl (C=O) groups is 3. The lowest BCUT2D eigenvalue weighted by molar-refractivity contribution is -0.318. The van der Waals surface area contributed by atoms with Crippen LogP contribution < -0.4 is 5.32 Å². The number of pyridine rings is 1. The molecule has 17 nitrogen and oxygen atoms in total. The van der Waals surface area contributed by atoms with Gasteiger partial charge >= 0.3 is 5.97 Å². The largest absolute Gasteiger partial charge is 0.459 e. The molecule has 372 valence electrons. The Morgan fingerprint density at radius 3 is 2.27 bits per heavy atom. The smallest absolute Gasteiger partial charge is 0.311 e. The number of benzene rings is 1. The summed E-state index contributed by atoms with van der Waals surface area (Å²) in [5, 5.41) is 63.0.